The third-order valence-corrected chi connectivity index (χ3v) is 3.01. The molecular formula is C11H17N3O. The van der Waals surface area contributed by atoms with Gasteiger partial charge in [0.2, 0.25) is 0 Å². The summed E-state index contributed by atoms with van der Waals surface area (Å²) in [7, 11) is 0. The zero-order chi connectivity index (χ0) is 10.7. The number of rotatable bonds is 3. The molecule has 4 N–H and O–H groups in total. The molecule has 0 saturated heterocycles. The summed E-state index contributed by atoms with van der Waals surface area (Å²) in [5.41, 5.74) is 7.26. The lowest BCUT2D eigenvalue weighted by Gasteiger charge is -2.20. The maximum absolute atomic E-state index is 9.19. The number of aliphatic hydroxyl groups is 1. The molecule has 1 heterocycles. The van der Waals surface area contributed by atoms with E-state index < -0.39 is 0 Å². The molecule has 82 valence electrons. The van der Waals surface area contributed by atoms with Crippen molar-refractivity contribution >= 4 is 11.4 Å². The van der Waals surface area contributed by atoms with Gasteiger partial charge in [-0.05, 0) is 18.9 Å². The highest BCUT2D eigenvalue weighted by atomic mass is 16.3. The van der Waals surface area contributed by atoms with Gasteiger partial charge < -0.3 is 16.2 Å². The lowest BCUT2D eigenvalue weighted by Crippen LogP contribution is -2.26. The molecule has 0 aromatic carbocycles. The van der Waals surface area contributed by atoms with Crippen LogP contribution in [0.15, 0.2) is 18.5 Å². The van der Waals surface area contributed by atoms with E-state index in [1.807, 2.05) is 6.07 Å². The first-order chi connectivity index (χ1) is 7.29. The van der Waals surface area contributed by atoms with Gasteiger partial charge in [0.1, 0.15) is 0 Å². The summed E-state index contributed by atoms with van der Waals surface area (Å²) < 4.78 is 0. The normalized spacial score (nSPS) is 25.4. The van der Waals surface area contributed by atoms with Gasteiger partial charge in [-0.1, -0.05) is 6.42 Å². The minimum Gasteiger partial charge on any atom is -0.397 e. The molecule has 0 aliphatic heterocycles. The number of aliphatic hydroxyl groups excluding tert-OH is 1. The Kier molecular flexibility index (Phi) is 3.06. The van der Waals surface area contributed by atoms with E-state index >= 15 is 0 Å². The van der Waals surface area contributed by atoms with E-state index in [1.165, 1.54) is 6.42 Å². The molecule has 0 amide bonds. The number of hydrogen-bond donors (Lipinski definition) is 3. The van der Waals surface area contributed by atoms with E-state index in [0.29, 0.717) is 17.6 Å². The van der Waals surface area contributed by atoms with E-state index in [-0.39, 0.29) is 6.61 Å². The number of pyridine rings is 1. The van der Waals surface area contributed by atoms with Gasteiger partial charge in [0.05, 0.1) is 17.6 Å². The van der Waals surface area contributed by atoms with Gasteiger partial charge >= 0.3 is 0 Å². The molecular weight excluding hydrogens is 190 g/mol. The smallest absolute Gasteiger partial charge is 0.0549 e. The van der Waals surface area contributed by atoms with Crippen molar-refractivity contribution in [1.82, 2.24) is 4.98 Å². The Morgan fingerprint density at radius 1 is 1.47 bits per heavy atom. The summed E-state index contributed by atoms with van der Waals surface area (Å²) >= 11 is 0. The predicted molar refractivity (Wildman–Crippen MR) is 60.5 cm³/mol. The van der Waals surface area contributed by atoms with Crippen LogP contribution < -0.4 is 11.1 Å². The lowest BCUT2D eigenvalue weighted by molar-refractivity contribution is 0.222. The number of anilines is 2. The Labute approximate surface area is 89.5 Å². The molecule has 1 aromatic rings. The number of hydrogen-bond acceptors (Lipinski definition) is 4. The van der Waals surface area contributed by atoms with E-state index in [0.717, 1.165) is 18.5 Å². The molecule has 1 saturated carbocycles. The number of nitrogens with two attached hydrogens (primary N) is 1. The Morgan fingerprint density at radius 3 is 3.07 bits per heavy atom. The van der Waals surface area contributed by atoms with Crippen LogP contribution >= 0.6 is 0 Å². The largest absolute Gasteiger partial charge is 0.397 e. The zero-order valence-corrected chi connectivity index (χ0v) is 8.69. The molecule has 1 aromatic heterocycles. The first kappa shape index (κ1) is 10.2. The molecule has 4 nitrogen and oxygen atoms in total. The average molecular weight is 207 g/mol. The van der Waals surface area contributed by atoms with Crippen LogP contribution in [-0.2, 0) is 0 Å². The first-order valence-corrected chi connectivity index (χ1v) is 5.37. The number of nitrogens with zero attached hydrogens (tertiary/aromatic N) is 1. The van der Waals surface area contributed by atoms with Crippen molar-refractivity contribution in [2.75, 3.05) is 17.7 Å². The molecule has 1 fully saturated rings. The van der Waals surface area contributed by atoms with Crippen LogP contribution in [0.2, 0.25) is 0 Å². The third kappa shape index (κ3) is 2.39. The van der Waals surface area contributed by atoms with E-state index in [1.54, 1.807) is 12.4 Å². The quantitative estimate of drug-likeness (QED) is 0.697. The molecule has 2 rings (SSSR count). The van der Waals surface area contributed by atoms with Gasteiger partial charge in [-0.15, -0.1) is 0 Å². The highest BCUT2D eigenvalue weighted by Crippen LogP contribution is 2.28. The van der Waals surface area contributed by atoms with E-state index in [9.17, 15) is 5.11 Å². The highest BCUT2D eigenvalue weighted by Gasteiger charge is 2.26. The van der Waals surface area contributed by atoms with Gasteiger partial charge in [0.25, 0.3) is 0 Å². The summed E-state index contributed by atoms with van der Waals surface area (Å²) in [6, 6.07) is 2.23. The van der Waals surface area contributed by atoms with Crippen molar-refractivity contribution in [2.24, 2.45) is 5.92 Å². The van der Waals surface area contributed by atoms with E-state index in [2.05, 4.69) is 10.3 Å². The summed E-state index contributed by atoms with van der Waals surface area (Å²) in [4.78, 5) is 4.03. The van der Waals surface area contributed by atoms with Gasteiger partial charge in [-0.3, -0.25) is 4.98 Å². The summed E-state index contributed by atoms with van der Waals surface area (Å²) in [6.07, 6.45) is 6.79. The topological polar surface area (TPSA) is 71.2 Å². The van der Waals surface area contributed by atoms with Crippen LogP contribution in [0.1, 0.15) is 19.3 Å². The fourth-order valence-electron chi connectivity index (χ4n) is 2.20. The van der Waals surface area contributed by atoms with Crippen LogP contribution in [0.5, 0.6) is 0 Å². The molecule has 0 bridgehead atoms. The Bertz CT molecular complexity index is 329. The second-order valence-corrected chi connectivity index (χ2v) is 4.13. The maximum atomic E-state index is 9.19. The van der Waals surface area contributed by atoms with Crippen molar-refractivity contribution in [3.8, 4) is 0 Å². The minimum absolute atomic E-state index is 0.257. The van der Waals surface area contributed by atoms with Crippen molar-refractivity contribution in [2.45, 2.75) is 25.3 Å². The Morgan fingerprint density at radius 2 is 2.33 bits per heavy atom. The average Bonchev–Trinajstić information content (AvgIpc) is 2.65. The van der Waals surface area contributed by atoms with Crippen LogP contribution in [0.3, 0.4) is 0 Å². The highest BCUT2D eigenvalue weighted by molar-refractivity contribution is 5.51. The number of nitrogen functional groups attached to an aromatic ring is 1. The number of nitrogens with one attached hydrogen (secondary N) is 1. The second kappa shape index (κ2) is 4.49. The molecule has 4 heteroatoms. The molecule has 0 spiro atoms. The fraction of sp³-hybridized carbons (Fsp3) is 0.545. The number of aromatic nitrogens is 1. The standard InChI is InChI=1S/C11H17N3O/c12-9-4-10(6-13-5-9)14-11-3-1-2-8(11)7-15/h4-6,8,11,14-15H,1-3,7,12H2. The first-order valence-electron chi connectivity index (χ1n) is 5.37. The lowest BCUT2D eigenvalue weighted by atomic mass is 10.1. The minimum atomic E-state index is 0.257. The third-order valence-electron chi connectivity index (χ3n) is 3.01. The van der Waals surface area contributed by atoms with Gasteiger partial charge in [0, 0.05) is 24.8 Å². The molecule has 1 aliphatic carbocycles. The van der Waals surface area contributed by atoms with Gasteiger partial charge in [-0.25, -0.2) is 0 Å². The Hall–Kier alpha value is -1.29. The summed E-state index contributed by atoms with van der Waals surface area (Å²) in [6.45, 7) is 0.257. The summed E-state index contributed by atoms with van der Waals surface area (Å²) in [5, 5.41) is 12.6. The van der Waals surface area contributed by atoms with Gasteiger partial charge in [0.15, 0.2) is 0 Å². The maximum Gasteiger partial charge on any atom is 0.0549 e. The molecule has 2 unspecified atom stereocenters. The van der Waals surface area contributed by atoms with Crippen LogP contribution in [0, 0.1) is 5.92 Å². The van der Waals surface area contributed by atoms with Crippen LogP contribution in [0.25, 0.3) is 0 Å². The zero-order valence-electron chi connectivity index (χ0n) is 8.69. The monoisotopic (exact) mass is 207 g/mol. The molecule has 2 atom stereocenters. The Balaban J connectivity index is 2.02. The van der Waals surface area contributed by atoms with Crippen molar-refractivity contribution < 1.29 is 5.11 Å². The van der Waals surface area contributed by atoms with Crippen LogP contribution in [0.4, 0.5) is 11.4 Å². The predicted octanol–water partition coefficient (Wildman–Crippen LogP) is 1.24. The van der Waals surface area contributed by atoms with Crippen molar-refractivity contribution in [1.29, 1.82) is 0 Å². The van der Waals surface area contributed by atoms with E-state index in [4.69, 9.17) is 5.73 Å². The molecule has 15 heavy (non-hydrogen) atoms. The van der Waals surface area contributed by atoms with Gasteiger partial charge in [-0.2, -0.15) is 0 Å². The fourth-order valence-corrected chi connectivity index (χ4v) is 2.20. The van der Waals surface area contributed by atoms with Crippen molar-refractivity contribution in [3.05, 3.63) is 18.5 Å². The summed E-state index contributed by atoms with van der Waals surface area (Å²) in [5.74, 6) is 0.367. The van der Waals surface area contributed by atoms with Crippen LogP contribution in [-0.4, -0.2) is 22.7 Å². The molecule has 1 aliphatic rings. The van der Waals surface area contributed by atoms with Crippen molar-refractivity contribution in [3.63, 3.8) is 0 Å². The SMILES string of the molecule is Nc1cncc(NC2CCCC2CO)c1. The molecule has 0 radical (unpaired) electrons. The second-order valence-electron chi connectivity index (χ2n) is 4.13.